The lowest BCUT2D eigenvalue weighted by Gasteiger charge is -2.43. The van der Waals surface area contributed by atoms with Crippen molar-refractivity contribution in [3.8, 4) is 0 Å². The van der Waals surface area contributed by atoms with Crippen molar-refractivity contribution in [1.82, 2.24) is 4.90 Å². The number of fused-ring (bicyclic) bond motifs is 1. The van der Waals surface area contributed by atoms with Crippen molar-refractivity contribution >= 4 is 33.2 Å². The van der Waals surface area contributed by atoms with Gasteiger partial charge in [-0.05, 0) is 43.2 Å². The Morgan fingerprint density at radius 1 is 1.19 bits per heavy atom. The number of carbonyl (C=O) groups excluding carboxylic acids is 1. The lowest BCUT2D eigenvalue weighted by molar-refractivity contribution is -0.0752. The van der Waals surface area contributed by atoms with Gasteiger partial charge in [-0.25, -0.2) is 8.42 Å². The zero-order valence-corrected chi connectivity index (χ0v) is 19.4. The van der Waals surface area contributed by atoms with Crippen molar-refractivity contribution in [3.63, 3.8) is 0 Å². The maximum atomic E-state index is 13.5. The summed E-state index contributed by atoms with van der Waals surface area (Å²) >= 11 is 6.28. The molecule has 2 fully saturated rings. The highest BCUT2D eigenvalue weighted by molar-refractivity contribution is 7.92. The van der Waals surface area contributed by atoms with E-state index in [0.29, 0.717) is 29.4 Å². The van der Waals surface area contributed by atoms with E-state index in [2.05, 4.69) is 6.58 Å². The molecule has 0 bridgehead atoms. The smallest absolute Gasteiger partial charge is 0.264 e. The van der Waals surface area contributed by atoms with E-state index < -0.39 is 10.0 Å². The van der Waals surface area contributed by atoms with Crippen LogP contribution in [-0.2, 0) is 14.8 Å². The molecule has 0 N–H and O–H groups in total. The molecule has 1 heterocycles. The second kappa shape index (κ2) is 9.65. The van der Waals surface area contributed by atoms with E-state index >= 15 is 0 Å². The molecule has 2 aromatic rings. The molecule has 1 aliphatic heterocycles. The number of halogens is 1. The van der Waals surface area contributed by atoms with Crippen LogP contribution in [0.5, 0.6) is 0 Å². The maximum absolute atomic E-state index is 13.5. The average Bonchev–Trinajstić information content (AvgIpc) is 2.82. The van der Waals surface area contributed by atoms with Gasteiger partial charge >= 0.3 is 0 Å². The van der Waals surface area contributed by atoms with Crippen LogP contribution in [0.2, 0.25) is 5.02 Å². The molecule has 0 radical (unpaired) electrons. The first kappa shape index (κ1) is 22.8. The van der Waals surface area contributed by atoms with Crippen LogP contribution >= 0.6 is 11.6 Å². The fourth-order valence-electron chi connectivity index (χ4n) is 4.53. The second-order valence-electron chi connectivity index (χ2n) is 8.06. The number of hydrogen-bond acceptors (Lipinski definition) is 4. The second-order valence-corrected chi connectivity index (χ2v) is 10.3. The van der Waals surface area contributed by atoms with Gasteiger partial charge in [-0.15, -0.1) is 6.58 Å². The van der Waals surface area contributed by atoms with E-state index in [1.54, 1.807) is 36.4 Å². The first-order valence-corrected chi connectivity index (χ1v) is 12.7. The zero-order chi connectivity index (χ0) is 22.7. The third kappa shape index (κ3) is 4.42. The molecule has 6 nitrogen and oxygen atoms in total. The standard InChI is InChI=1S/C24H27ClN2O4S/c1-2-14-27(21-11-4-3-10-20(21)25)32(29,30)19-9-7-8-18(17-19)24(28)26-15-16-31-23-13-6-5-12-22(23)26/h2-4,7-11,17,22-23H,1,5-6,12-16H2. The molecule has 2 aliphatic rings. The molecular weight excluding hydrogens is 448 g/mol. The first-order valence-electron chi connectivity index (χ1n) is 10.8. The summed E-state index contributed by atoms with van der Waals surface area (Å²) in [6.07, 6.45) is 5.62. The summed E-state index contributed by atoms with van der Waals surface area (Å²) in [5.74, 6) is -0.157. The zero-order valence-electron chi connectivity index (χ0n) is 17.8. The lowest BCUT2D eigenvalue weighted by atomic mass is 9.89. The van der Waals surface area contributed by atoms with Gasteiger partial charge in [0, 0.05) is 12.1 Å². The minimum absolute atomic E-state index is 0.0403. The van der Waals surface area contributed by atoms with Crippen molar-refractivity contribution in [2.24, 2.45) is 0 Å². The number of rotatable bonds is 6. The molecule has 1 aliphatic carbocycles. The number of ether oxygens (including phenoxy) is 1. The summed E-state index contributed by atoms with van der Waals surface area (Å²) in [5.41, 5.74) is 0.721. The molecule has 8 heteroatoms. The topological polar surface area (TPSA) is 66.9 Å². The van der Waals surface area contributed by atoms with E-state index in [9.17, 15) is 13.2 Å². The number of nitrogens with zero attached hydrogens (tertiary/aromatic N) is 2. The summed E-state index contributed by atoms with van der Waals surface area (Å²) in [6, 6.07) is 13.0. The van der Waals surface area contributed by atoms with Crippen LogP contribution in [0.15, 0.2) is 66.1 Å². The van der Waals surface area contributed by atoms with Gasteiger partial charge in [0.2, 0.25) is 0 Å². The van der Waals surface area contributed by atoms with Crippen molar-refractivity contribution in [3.05, 3.63) is 71.8 Å². The molecule has 0 spiro atoms. The van der Waals surface area contributed by atoms with Gasteiger partial charge in [-0.3, -0.25) is 9.10 Å². The van der Waals surface area contributed by atoms with Crippen LogP contribution in [0.4, 0.5) is 5.69 Å². The number of sulfonamides is 1. The number of amides is 1. The van der Waals surface area contributed by atoms with Crippen molar-refractivity contribution < 1.29 is 17.9 Å². The fraction of sp³-hybridized carbons (Fsp3) is 0.375. The van der Waals surface area contributed by atoms with Gasteiger partial charge in [-0.2, -0.15) is 0 Å². The molecular formula is C24H27ClN2O4S. The first-order chi connectivity index (χ1) is 15.4. The Kier molecular flexibility index (Phi) is 6.88. The highest BCUT2D eigenvalue weighted by Crippen LogP contribution is 2.32. The van der Waals surface area contributed by atoms with Crippen molar-refractivity contribution in [2.75, 3.05) is 24.0 Å². The fourth-order valence-corrected chi connectivity index (χ4v) is 6.32. The molecule has 2 unspecified atom stereocenters. The van der Waals surface area contributed by atoms with Gasteiger partial charge in [0.25, 0.3) is 15.9 Å². The quantitative estimate of drug-likeness (QED) is 0.578. The van der Waals surface area contributed by atoms with Gasteiger partial charge < -0.3 is 9.64 Å². The van der Waals surface area contributed by atoms with E-state index in [-0.39, 0.29) is 29.5 Å². The Bertz CT molecular complexity index is 1100. The number of morpholine rings is 1. The van der Waals surface area contributed by atoms with Crippen LogP contribution in [0.1, 0.15) is 36.0 Å². The van der Waals surface area contributed by atoms with Crippen molar-refractivity contribution in [1.29, 1.82) is 0 Å². The predicted octanol–water partition coefficient (Wildman–Crippen LogP) is 4.50. The van der Waals surface area contributed by atoms with Crippen LogP contribution in [0.25, 0.3) is 0 Å². The summed E-state index contributed by atoms with van der Waals surface area (Å²) in [6.45, 7) is 4.76. The number of carbonyl (C=O) groups is 1. The monoisotopic (exact) mass is 474 g/mol. The SMILES string of the molecule is C=CCN(c1ccccc1Cl)S(=O)(=O)c1cccc(C(=O)N2CCOC3CCCCC32)c1. The minimum Gasteiger partial charge on any atom is -0.374 e. The van der Waals surface area contributed by atoms with E-state index in [1.807, 2.05) is 4.90 Å². The Hall–Kier alpha value is -2.35. The van der Waals surface area contributed by atoms with Crippen molar-refractivity contribution in [2.45, 2.75) is 42.7 Å². The Labute approximate surface area is 194 Å². The van der Waals surface area contributed by atoms with Crippen LogP contribution < -0.4 is 4.31 Å². The Balaban J connectivity index is 1.66. The summed E-state index contributed by atoms with van der Waals surface area (Å²) in [4.78, 5) is 15.3. The van der Waals surface area contributed by atoms with Crippen LogP contribution in [0.3, 0.4) is 0 Å². The predicted molar refractivity (Wildman–Crippen MR) is 126 cm³/mol. The third-order valence-corrected chi connectivity index (χ3v) is 8.17. The highest BCUT2D eigenvalue weighted by atomic mass is 35.5. The molecule has 170 valence electrons. The third-order valence-electron chi connectivity index (χ3n) is 6.08. The summed E-state index contributed by atoms with van der Waals surface area (Å²) in [5, 5.41) is 0.321. The van der Waals surface area contributed by atoms with E-state index in [4.69, 9.17) is 16.3 Å². The lowest BCUT2D eigenvalue weighted by Crippen LogP contribution is -2.54. The van der Waals surface area contributed by atoms with E-state index in [0.717, 1.165) is 25.7 Å². The minimum atomic E-state index is -3.97. The molecule has 2 aromatic carbocycles. The summed E-state index contributed by atoms with van der Waals surface area (Å²) < 4.78 is 34.1. The molecule has 1 amide bonds. The molecule has 4 rings (SSSR count). The molecule has 2 atom stereocenters. The van der Waals surface area contributed by atoms with Crippen LogP contribution in [-0.4, -0.2) is 51.1 Å². The number of para-hydroxylation sites is 1. The van der Waals surface area contributed by atoms with Gasteiger partial charge in [0.15, 0.2) is 0 Å². The molecule has 0 aromatic heterocycles. The molecule has 32 heavy (non-hydrogen) atoms. The number of anilines is 1. The Morgan fingerprint density at radius 3 is 2.75 bits per heavy atom. The normalized spacial score (nSPS) is 21.0. The average molecular weight is 475 g/mol. The summed E-state index contributed by atoms with van der Waals surface area (Å²) in [7, 11) is -3.97. The maximum Gasteiger partial charge on any atom is 0.264 e. The number of benzene rings is 2. The Morgan fingerprint density at radius 2 is 1.97 bits per heavy atom. The van der Waals surface area contributed by atoms with Gasteiger partial charge in [0.05, 0.1) is 40.9 Å². The highest BCUT2D eigenvalue weighted by Gasteiger charge is 2.37. The van der Waals surface area contributed by atoms with Gasteiger partial charge in [-0.1, -0.05) is 48.7 Å². The largest absolute Gasteiger partial charge is 0.374 e. The molecule has 1 saturated carbocycles. The number of hydrogen-bond donors (Lipinski definition) is 0. The molecule has 1 saturated heterocycles. The van der Waals surface area contributed by atoms with E-state index in [1.165, 1.54) is 22.5 Å². The van der Waals surface area contributed by atoms with Gasteiger partial charge in [0.1, 0.15) is 0 Å². The van der Waals surface area contributed by atoms with Crippen LogP contribution in [0, 0.1) is 0 Å².